The lowest BCUT2D eigenvalue weighted by Crippen LogP contribution is -2.39. The van der Waals surface area contributed by atoms with Crippen molar-refractivity contribution < 1.29 is 14.3 Å². The highest BCUT2D eigenvalue weighted by atomic mass is 16.6. The number of amides is 1. The number of carbonyl (C=O) groups excluding carboxylic acids is 1. The summed E-state index contributed by atoms with van der Waals surface area (Å²) in [5, 5.41) is 9.14. The number of nitrogens with one attached hydrogen (secondary N) is 3. The molecule has 1 aromatic rings. The first-order valence-electron chi connectivity index (χ1n) is 8.83. The van der Waals surface area contributed by atoms with Gasteiger partial charge in [0.05, 0.1) is 19.3 Å². The Hall–Kier alpha value is -2.51. The Morgan fingerprint density at radius 1 is 1.19 bits per heavy atom. The van der Waals surface area contributed by atoms with Gasteiger partial charge in [0.25, 0.3) is 0 Å². The predicted octanol–water partition coefficient (Wildman–Crippen LogP) is 2.06. The lowest BCUT2D eigenvalue weighted by atomic mass is 10.2. The number of pyridine rings is 1. The molecule has 1 amide bonds. The molecule has 146 valence electrons. The fourth-order valence-corrected chi connectivity index (χ4v) is 1.96. The first-order chi connectivity index (χ1) is 12.3. The van der Waals surface area contributed by atoms with Crippen LogP contribution in [0, 0.1) is 0 Å². The third kappa shape index (κ3) is 9.71. The number of nitrogens with zero attached hydrogens (tertiary/aromatic N) is 2. The molecule has 1 rings (SSSR count). The lowest BCUT2D eigenvalue weighted by molar-refractivity contribution is 0.0527. The van der Waals surface area contributed by atoms with Crippen molar-refractivity contribution in [3.05, 3.63) is 23.9 Å². The average molecular weight is 365 g/mol. The van der Waals surface area contributed by atoms with Gasteiger partial charge < -0.3 is 25.4 Å². The molecule has 1 heterocycles. The molecule has 8 nitrogen and oxygen atoms in total. The van der Waals surface area contributed by atoms with E-state index in [9.17, 15) is 4.79 Å². The first-order valence-corrected chi connectivity index (χ1v) is 8.83. The summed E-state index contributed by atoms with van der Waals surface area (Å²) in [5.41, 5.74) is 0.342. The molecular weight excluding hydrogens is 334 g/mol. The predicted molar refractivity (Wildman–Crippen MR) is 102 cm³/mol. The van der Waals surface area contributed by atoms with Crippen molar-refractivity contribution in [1.29, 1.82) is 0 Å². The molecule has 0 saturated carbocycles. The molecule has 3 N–H and O–H groups in total. The van der Waals surface area contributed by atoms with Crippen LogP contribution in [0.3, 0.4) is 0 Å². The molecule has 1 aromatic heterocycles. The number of alkyl carbamates (subject to hydrolysis) is 1. The highest BCUT2D eigenvalue weighted by Gasteiger charge is 2.15. The number of hydrogen-bond acceptors (Lipinski definition) is 5. The number of hydrogen-bond donors (Lipinski definition) is 3. The van der Waals surface area contributed by atoms with Crippen molar-refractivity contribution in [1.82, 2.24) is 20.9 Å². The third-order valence-electron chi connectivity index (χ3n) is 3.05. The van der Waals surface area contributed by atoms with Gasteiger partial charge in [0, 0.05) is 25.7 Å². The van der Waals surface area contributed by atoms with E-state index in [0.717, 1.165) is 18.7 Å². The lowest BCUT2D eigenvalue weighted by Gasteiger charge is -2.19. The SMILES string of the molecule is CCNC(=NCc1cccc(OC)n1)NCCCNC(=O)OC(C)(C)C. The summed E-state index contributed by atoms with van der Waals surface area (Å²) in [7, 11) is 1.59. The van der Waals surface area contributed by atoms with E-state index in [1.54, 1.807) is 13.2 Å². The second kappa shape index (κ2) is 11.2. The summed E-state index contributed by atoms with van der Waals surface area (Å²) in [5.74, 6) is 1.28. The minimum Gasteiger partial charge on any atom is -0.481 e. The van der Waals surface area contributed by atoms with Crippen LogP contribution in [0.2, 0.25) is 0 Å². The summed E-state index contributed by atoms with van der Waals surface area (Å²) >= 11 is 0. The molecule has 0 bridgehead atoms. The molecule has 0 aromatic carbocycles. The maximum Gasteiger partial charge on any atom is 0.407 e. The largest absolute Gasteiger partial charge is 0.481 e. The highest BCUT2D eigenvalue weighted by Crippen LogP contribution is 2.07. The number of carbonyl (C=O) groups is 1. The van der Waals surface area contributed by atoms with E-state index in [1.807, 2.05) is 39.8 Å². The fraction of sp³-hybridized carbons (Fsp3) is 0.611. The van der Waals surface area contributed by atoms with Crippen LogP contribution in [0.5, 0.6) is 5.88 Å². The van der Waals surface area contributed by atoms with Crippen LogP contribution in [0.4, 0.5) is 4.79 Å². The molecule has 8 heteroatoms. The molecule has 0 fully saturated rings. The van der Waals surface area contributed by atoms with Gasteiger partial charge in [-0.25, -0.2) is 14.8 Å². The average Bonchev–Trinajstić information content (AvgIpc) is 2.58. The number of rotatable bonds is 8. The number of methoxy groups -OCH3 is 1. The van der Waals surface area contributed by atoms with Gasteiger partial charge in [0.15, 0.2) is 5.96 Å². The van der Waals surface area contributed by atoms with Crippen molar-refractivity contribution in [3.63, 3.8) is 0 Å². The van der Waals surface area contributed by atoms with Gasteiger partial charge in [-0.1, -0.05) is 6.07 Å². The van der Waals surface area contributed by atoms with Crippen molar-refractivity contribution in [2.24, 2.45) is 4.99 Å². The number of aliphatic imine (C=N–C) groups is 1. The Morgan fingerprint density at radius 3 is 2.58 bits per heavy atom. The number of ether oxygens (including phenoxy) is 2. The standard InChI is InChI=1S/C18H31N5O3/c1-6-19-16(22-13-14-9-7-10-15(23-14)25-5)20-11-8-12-21-17(24)26-18(2,3)4/h7,9-10H,6,8,11-13H2,1-5H3,(H,21,24)(H2,19,20,22). The summed E-state index contributed by atoms with van der Waals surface area (Å²) in [6.45, 7) is 9.92. The molecule has 0 unspecified atom stereocenters. The van der Waals surface area contributed by atoms with Gasteiger partial charge in [0.2, 0.25) is 5.88 Å². The van der Waals surface area contributed by atoms with Crippen LogP contribution in [0.15, 0.2) is 23.2 Å². The quantitative estimate of drug-likeness (QED) is 0.371. The highest BCUT2D eigenvalue weighted by molar-refractivity contribution is 5.79. The Labute approximate surface area is 155 Å². The van der Waals surface area contributed by atoms with E-state index >= 15 is 0 Å². The van der Waals surface area contributed by atoms with Crippen molar-refractivity contribution in [3.8, 4) is 5.88 Å². The second-order valence-electron chi connectivity index (χ2n) is 6.58. The van der Waals surface area contributed by atoms with Crippen LogP contribution in [-0.4, -0.2) is 49.4 Å². The molecule has 0 radical (unpaired) electrons. The monoisotopic (exact) mass is 365 g/mol. The molecule has 0 aliphatic rings. The van der Waals surface area contributed by atoms with E-state index in [1.165, 1.54) is 0 Å². The van der Waals surface area contributed by atoms with E-state index in [0.29, 0.717) is 31.5 Å². The Balaban J connectivity index is 2.37. The van der Waals surface area contributed by atoms with Gasteiger partial charge in [-0.05, 0) is 40.2 Å². The topological polar surface area (TPSA) is 96.9 Å². The minimum absolute atomic E-state index is 0.401. The van der Waals surface area contributed by atoms with Crippen LogP contribution in [0.25, 0.3) is 0 Å². The number of aromatic nitrogens is 1. The van der Waals surface area contributed by atoms with Crippen LogP contribution in [0.1, 0.15) is 39.8 Å². The molecule has 0 aliphatic carbocycles. The third-order valence-corrected chi connectivity index (χ3v) is 3.05. The summed E-state index contributed by atoms with van der Waals surface area (Å²) in [6, 6.07) is 5.59. The summed E-state index contributed by atoms with van der Waals surface area (Å²) in [6.07, 6.45) is 0.350. The Bertz CT molecular complexity index is 584. The molecule has 0 atom stereocenters. The molecular formula is C18H31N5O3. The van der Waals surface area contributed by atoms with E-state index in [-0.39, 0.29) is 0 Å². The van der Waals surface area contributed by atoms with Crippen LogP contribution < -0.4 is 20.7 Å². The first kappa shape index (κ1) is 21.5. The van der Waals surface area contributed by atoms with Crippen molar-refractivity contribution >= 4 is 12.1 Å². The van der Waals surface area contributed by atoms with Crippen molar-refractivity contribution in [2.75, 3.05) is 26.7 Å². The molecule has 0 saturated heterocycles. The maximum absolute atomic E-state index is 11.6. The van der Waals surface area contributed by atoms with E-state index in [4.69, 9.17) is 9.47 Å². The fourth-order valence-electron chi connectivity index (χ4n) is 1.96. The smallest absolute Gasteiger partial charge is 0.407 e. The Kier molecular flexibility index (Phi) is 9.25. The zero-order valence-electron chi connectivity index (χ0n) is 16.4. The van der Waals surface area contributed by atoms with Crippen LogP contribution >= 0.6 is 0 Å². The summed E-state index contributed by atoms with van der Waals surface area (Å²) in [4.78, 5) is 20.4. The zero-order chi connectivity index (χ0) is 19.4. The van der Waals surface area contributed by atoms with E-state index < -0.39 is 11.7 Å². The van der Waals surface area contributed by atoms with Crippen molar-refractivity contribution in [2.45, 2.75) is 46.3 Å². The second-order valence-corrected chi connectivity index (χ2v) is 6.58. The van der Waals surface area contributed by atoms with Gasteiger partial charge in [-0.3, -0.25) is 0 Å². The Morgan fingerprint density at radius 2 is 1.92 bits per heavy atom. The van der Waals surface area contributed by atoms with Gasteiger partial charge in [0.1, 0.15) is 5.60 Å². The summed E-state index contributed by atoms with van der Waals surface area (Å²) < 4.78 is 10.3. The molecule has 26 heavy (non-hydrogen) atoms. The van der Waals surface area contributed by atoms with Gasteiger partial charge >= 0.3 is 6.09 Å². The normalized spacial score (nSPS) is 11.7. The number of guanidine groups is 1. The minimum atomic E-state index is -0.485. The zero-order valence-corrected chi connectivity index (χ0v) is 16.4. The molecule has 0 aliphatic heterocycles. The molecule has 0 spiro atoms. The van der Waals surface area contributed by atoms with Gasteiger partial charge in [-0.15, -0.1) is 0 Å². The maximum atomic E-state index is 11.6. The van der Waals surface area contributed by atoms with E-state index in [2.05, 4.69) is 25.9 Å². The van der Waals surface area contributed by atoms with Crippen LogP contribution in [-0.2, 0) is 11.3 Å². The van der Waals surface area contributed by atoms with Gasteiger partial charge in [-0.2, -0.15) is 0 Å².